The third kappa shape index (κ3) is 5.49. The van der Waals surface area contributed by atoms with Gasteiger partial charge in [0.15, 0.2) is 0 Å². The maximum atomic E-state index is 2.58. The van der Waals surface area contributed by atoms with Crippen LogP contribution >= 0.6 is 0 Å². The van der Waals surface area contributed by atoms with E-state index in [1.807, 2.05) is 0 Å². The lowest BCUT2D eigenvalue weighted by molar-refractivity contribution is 0.660. The van der Waals surface area contributed by atoms with Gasteiger partial charge in [0, 0.05) is 27.8 Å². The molecule has 0 saturated carbocycles. The van der Waals surface area contributed by atoms with E-state index in [2.05, 4.69) is 268 Å². The van der Waals surface area contributed by atoms with Gasteiger partial charge in [-0.25, -0.2) is 0 Å². The van der Waals surface area contributed by atoms with Crippen LogP contribution in [-0.2, 0) is 16.2 Å². The molecule has 0 N–H and O–H groups in total. The average molecular weight is 856 g/mol. The molecule has 0 aromatic heterocycles. The molecule has 10 aromatic carbocycles. The number of hydrogen-bond donors (Lipinski definition) is 0. The van der Waals surface area contributed by atoms with E-state index >= 15 is 0 Å². The molecule has 10 aromatic rings. The minimum absolute atomic E-state index is 0.173. The topological polar surface area (TPSA) is 3.24 Å². The smallest absolute Gasteiger partial charge is 0.0714 e. The second kappa shape index (κ2) is 14.8. The van der Waals surface area contributed by atoms with Gasteiger partial charge in [-0.2, -0.15) is 0 Å². The third-order valence-electron chi connectivity index (χ3n) is 15.6. The van der Waals surface area contributed by atoms with Crippen molar-refractivity contribution in [2.75, 3.05) is 4.90 Å². The van der Waals surface area contributed by atoms with E-state index < -0.39 is 10.8 Å². The van der Waals surface area contributed by atoms with Crippen molar-refractivity contribution in [3.05, 3.63) is 293 Å². The standard InChI is InChI=1S/C66H49N/c1-64(2)55-33-18-16-30-51(55)52-40-38-48(42-59(52)64)67(61-37-21-36-58-63(61)53-31-17-19-34-56(53)66(58,46-26-12-6-13-27-46)47-28-14-7-15-29-47)49-39-41-54-60(43-49)65(3,45-24-10-5-11-25-45)57-35-20-32-50(62(54)57)44-22-8-4-9-23-44/h4-43H,1-3H3. The molecule has 1 heteroatoms. The number of benzene rings is 10. The van der Waals surface area contributed by atoms with Crippen LogP contribution in [0.1, 0.15) is 70.8 Å². The lowest BCUT2D eigenvalue weighted by Gasteiger charge is -2.35. The fourth-order valence-electron chi connectivity index (χ4n) is 12.6. The molecular formula is C66H49N. The Balaban J connectivity index is 1.11. The van der Waals surface area contributed by atoms with Crippen LogP contribution < -0.4 is 4.90 Å². The fourth-order valence-corrected chi connectivity index (χ4v) is 12.6. The van der Waals surface area contributed by atoms with Gasteiger partial charge < -0.3 is 4.90 Å². The Bertz CT molecular complexity index is 3510. The molecule has 0 radical (unpaired) electrons. The Morgan fingerprint density at radius 2 is 0.761 bits per heavy atom. The largest absolute Gasteiger partial charge is 0.310 e. The summed E-state index contributed by atoms with van der Waals surface area (Å²) in [5.74, 6) is 0. The van der Waals surface area contributed by atoms with Gasteiger partial charge in [-0.05, 0) is 126 Å². The average Bonchev–Trinajstić information content (AvgIpc) is 3.94. The number of rotatable bonds is 7. The predicted molar refractivity (Wildman–Crippen MR) is 279 cm³/mol. The van der Waals surface area contributed by atoms with E-state index in [1.165, 1.54) is 94.6 Å². The number of anilines is 3. The lowest BCUT2D eigenvalue weighted by Crippen LogP contribution is -2.28. The molecule has 0 fully saturated rings. The van der Waals surface area contributed by atoms with Crippen LogP contribution in [0.25, 0.3) is 44.5 Å². The zero-order valence-electron chi connectivity index (χ0n) is 38.0. The Labute approximate surface area is 394 Å². The summed E-state index contributed by atoms with van der Waals surface area (Å²) in [4.78, 5) is 2.58. The summed E-state index contributed by atoms with van der Waals surface area (Å²) in [6.07, 6.45) is 0. The Kier molecular flexibility index (Phi) is 8.67. The van der Waals surface area contributed by atoms with E-state index in [1.54, 1.807) is 0 Å². The molecule has 0 heterocycles. The highest BCUT2D eigenvalue weighted by Gasteiger charge is 2.48. The Morgan fingerprint density at radius 1 is 0.299 bits per heavy atom. The first-order valence-corrected chi connectivity index (χ1v) is 23.7. The molecule has 3 aliphatic carbocycles. The molecule has 0 saturated heterocycles. The van der Waals surface area contributed by atoms with Crippen molar-refractivity contribution < 1.29 is 0 Å². The van der Waals surface area contributed by atoms with Crippen LogP contribution in [0.5, 0.6) is 0 Å². The number of nitrogens with zero attached hydrogens (tertiary/aromatic N) is 1. The third-order valence-corrected chi connectivity index (χ3v) is 15.6. The molecule has 0 spiro atoms. The first-order chi connectivity index (χ1) is 32.9. The lowest BCUT2D eigenvalue weighted by atomic mass is 9.68. The monoisotopic (exact) mass is 855 g/mol. The van der Waals surface area contributed by atoms with E-state index in [-0.39, 0.29) is 5.41 Å². The summed E-state index contributed by atoms with van der Waals surface area (Å²) < 4.78 is 0. The van der Waals surface area contributed by atoms with Gasteiger partial charge in [-0.3, -0.25) is 0 Å². The van der Waals surface area contributed by atoms with Gasteiger partial charge in [-0.1, -0.05) is 226 Å². The predicted octanol–water partition coefficient (Wildman–Crippen LogP) is 16.8. The zero-order valence-corrected chi connectivity index (χ0v) is 38.0. The highest BCUT2D eigenvalue weighted by molar-refractivity contribution is 6.00. The maximum absolute atomic E-state index is 2.58. The molecular weight excluding hydrogens is 807 g/mol. The minimum Gasteiger partial charge on any atom is -0.310 e. The summed E-state index contributed by atoms with van der Waals surface area (Å²) in [7, 11) is 0. The van der Waals surface area contributed by atoms with Crippen molar-refractivity contribution in [3.8, 4) is 44.5 Å². The summed E-state index contributed by atoms with van der Waals surface area (Å²) in [5.41, 5.74) is 24.3. The molecule has 67 heavy (non-hydrogen) atoms. The van der Waals surface area contributed by atoms with Crippen molar-refractivity contribution in [1.29, 1.82) is 0 Å². The number of fused-ring (bicyclic) bond motifs is 9. The van der Waals surface area contributed by atoms with E-state index in [9.17, 15) is 0 Å². The van der Waals surface area contributed by atoms with Gasteiger partial charge >= 0.3 is 0 Å². The minimum atomic E-state index is -0.531. The van der Waals surface area contributed by atoms with Crippen LogP contribution in [-0.4, -0.2) is 0 Å². The molecule has 0 aliphatic heterocycles. The SMILES string of the molecule is CC1(C)c2ccccc2-c2ccc(N(c3ccc4c(c3)C(C)(c3ccccc3)c3cccc(-c5ccccc5)c3-4)c3cccc4c3-c3ccccc3C4(c3ccccc3)c3ccccc3)cc21. The normalized spacial score (nSPS) is 16.3. The van der Waals surface area contributed by atoms with Crippen LogP contribution in [0.4, 0.5) is 17.1 Å². The molecule has 0 bridgehead atoms. The van der Waals surface area contributed by atoms with Crippen LogP contribution in [0, 0.1) is 0 Å². The molecule has 1 atom stereocenters. The maximum Gasteiger partial charge on any atom is 0.0714 e. The van der Waals surface area contributed by atoms with Gasteiger partial charge in [0.1, 0.15) is 0 Å². The van der Waals surface area contributed by atoms with Gasteiger partial charge in [0.05, 0.1) is 11.1 Å². The number of hydrogen-bond acceptors (Lipinski definition) is 1. The van der Waals surface area contributed by atoms with Gasteiger partial charge in [0.25, 0.3) is 0 Å². The fraction of sp³-hybridized carbons (Fsp3) is 0.0909. The second-order valence-corrected chi connectivity index (χ2v) is 19.3. The van der Waals surface area contributed by atoms with Crippen LogP contribution in [0.2, 0.25) is 0 Å². The molecule has 1 nitrogen and oxygen atoms in total. The first-order valence-electron chi connectivity index (χ1n) is 23.7. The molecule has 3 aliphatic rings. The Hall–Kier alpha value is -8.00. The molecule has 318 valence electrons. The summed E-state index contributed by atoms with van der Waals surface area (Å²) >= 11 is 0. The van der Waals surface area contributed by atoms with Gasteiger partial charge in [-0.15, -0.1) is 0 Å². The van der Waals surface area contributed by atoms with Crippen molar-refractivity contribution in [1.82, 2.24) is 0 Å². The summed E-state index contributed by atoms with van der Waals surface area (Å²) in [6, 6.07) is 91.0. The summed E-state index contributed by atoms with van der Waals surface area (Å²) in [5, 5.41) is 0. The quantitative estimate of drug-likeness (QED) is 0.154. The van der Waals surface area contributed by atoms with E-state index in [0.29, 0.717) is 0 Å². The summed E-state index contributed by atoms with van der Waals surface area (Å²) in [6.45, 7) is 7.21. The molecule has 13 rings (SSSR count). The van der Waals surface area contributed by atoms with Crippen molar-refractivity contribution in [2.24, 2.45) is 0 Å². The zero-order chi connectivity index (χ0) is 44.9. The molecule has 0 amide bonds. The highest BCUT2D eigenvalue weighted by atomic mass is 15.1. The van der Waals surface area contributed by atoms with Crippen LogP contribution in [0.3, 0.4) is 0 Å². The highest BCUT2D eigenvalue weighted by Crippen LogP contribution is 2.61. The van der Waals surface area contributed by atoms with Crippen molar-refractivity contribution in [3.63, 3.8) is 0 Å². The van der Waals surface area contributed by atoms with Crippen LogP contribution in [0.15, 0.2) is 243 Å². The Morgan fingerprint density at radius 3 is 1.43 bits per heavy atom. The van der Waals surface area contributed by atoms with E-state index in [0.717, 1.165) is 17.1 Å². The van der Waals surface area contributed by atoms with Crippen molar-refractivity contribution >= 4 is 17.1 Å². The van der Waals surface area contributed by atoms with E-state index in [4.69, 9.17) is 0 Å². The molecule has 1 unspecified atom stereocenters. The van der Waals surface area contributed by atoms with Crippen molar-refractivity contribution in [2.45, 2.75) is 37.0 Å². The first kappa shape index (κ1) is 39.4. The van der Waals surface area contributed by atoms with Gasteiger partial charge in [0.2, 0.25) is 0 Å². The second-order valence-electron chi connectivity index (χ2n) is 19.3.